The first kappa shape index (κ1) is 11.2. The lowest BCUT2D eigenvalue weighted by Gasteiger charge is -2.08. The quantitative estimate of drug-likeness (QED) is 0.674. The van der Waals surface area contributed by atoms with Gasteiger partial charge in [0.2, 0.25) is 0 Å². The lowest BCUT2D eigenvalue weighted by molar-refractivity contribution is 0.283. The Kier molecular flexibility index (Phi) is 2.74. The highest BCUT2D eigenvalue weighted by molar-refractivity contribution is 6.00. The molecule has 0 bridgehead atoms. The van der Waals surface area contributed by atoms with E-state index in [0.29, 0.717) is 0 Å². The van der Waals surface area contributed by atoms with Gasteiger partial charge < -0.3 is 10.2 Å². The molecule has 0 fully saturated rings. The van der Waals surface area contributed by atoms with Gasteiger partial charge in [-0.2, -0.15) is 0 Å². The Hall–Kier alpha value is -1.90. The summed E-state index contributed by atoms with van der Waals surface area (Å²) in [6.45, 7) is 0.0884. The van der Waals surface area contributed by atoms with Crippen LogP contribution in [0.25, 0.3) is 21.5 Å². The molecule has 18 heavy (non-hydrogen) atoms. The van der Waals surface area contributed by atoms with Crippen LogP contribution in [-0.2, 0) is 13.2 Å². The van der Waals surface area contributed by atoms with E-state index in [-0.39, 0.29) is 13.2 Å². The van der Waals surface area contributed by atoms with E-state index >= 15 is 0 Å². The van der Waals surface area contributed by atoms with Crippen molar-refractivity contribution in [1.29, 1.82) is 0 Å². The van der Waals surface area contributed by atoms with Crippen LogP contribution in [-0.4, -0.2) is 10.2 Å². The fourth-order valence-electron chi connectivity index (χ4n) is 2.46. The van der Waals surface area contributed by atoms with Crippen LogP contribution in [0.4, 0.5) is 0 Å². The molecule has 3 rings (SSSR count). The van der Waals surface area contributed by atoms with Crippen LogP contribution in [0.1, 0.15) is 11.1 Å². The van der Waals surface area contributed by atoms with Crippen molar-refractivity contribution < 1.29 is 10.2 Å². The van der Waals surface area contributed by atoms with Crippen molar-refractivity contribution in [2.45, 2.75) is 13.2 Å². The highest BCUT2D eigenvalue weighted by Gasteiger charge is 2.05. The van der Waals surface area contributed by atoms with Gasteiger partial charge in [0, 0.05) is 0 Å². The van der Waals surface area contributed by atoms with Crippen molar-refractivity contribution >= 4 is 21.5 Å². The molecule has 0 aliphatic carbocycles. The molecule has 2 nitrogen and oxygen atoms in total. The summed E-state index contributed by atoms with van der Waals surface area (Å²) in [5.41, 5.74) is 1.87. The third-order valence-electron chi connectivity index (χ3n) is 3.40. The normalized spacial score (nSPS) is 11.2. The number of fused-ring (bicyclic) bond motifs is 2. The van der Waals surface area contributed by atoms with Gasteiger partial charge in [-0.15, -0.1) is 0 Å². The summed E-state index contributed by atoms with van der Waals surface area (Å²) in [6.07, 6.45) is 0. The maximum Gasteiger partial charge on any atom is 0.0687 e. The first-order chi connectivity index (χ1) is 8.83. The molecule has 0 unspecified atom stereocenters. The number of hydrogen-bond donors (Lipinski definition) is 2. The van der Waals surface area contributed by atoms with Crippen molar-refractivity contribution in [2.24, 2.45) is 0 Å². The molecule has 0 aliphatic rings. The van der Waals surface area contributed by atoms with Gasteiger partial charge in [0.15, 0.2) is 0 Å². The topological polar surface area (TPSA) is 40.5 Å². The SMILES string of the molecule is OCc1cccc2cc3c(CO)cccc3cc12. The summed E-state index contributed by atoms with van der Waals surface area (Å²) in [7, 11) is 0. The Labute approximate surface area is 105 Å². The van der Waals surface area contributed by atoms with Crippen molar-refractivity contribution in [3.05, 3.63) is 59.7 Å². The zero-order valence-electron chi connectivity index (χ0n) is 9.93. The van der Waals surface area contributed by atoms with Crippen LogP contribution in [0.2, 0.25) is 0 Å². The lowest BCUT2D eigenvalue weighted by atomic mass is 9.97. The predicted octanol–water partition coefficient (Wildman–Crippen LogP) is 2.98. The van der Waals surface area contributed by atoms with Gasteiger partial charge in [0.05, 0.1) is 13.2 Å². The second kappa shape index (κ2) is 4.41. The Morgan fingerprint density at radius 3 is 1.50 bits per heavy atom. The van der Waals surface area contributed by atoms with Gasteiger partial charge in [0.25, 0.3) is 0 Å². The second-order valence-corrected chi connectivity index (χ2v) is 4.44. The zero-order chi connectivity index (χ0) is 12.5. The van der Waals surface area contributed by atoms with Crippen molar-refractivity contribution in [3.63, 3.8) is 0 Å². The van der Waals surface area contributed by atoms with Gasteiger partial charge in [-0.25, -0.2) is 0 Å². The van der Waals surface area contributed by atoms with Crippen molar-refractivity contribution in [3.8, 4) is 0 Å². The molecule has 0 aromatic heterocycles. The van der Waals surface area contributed by atoms with Crippen LogP contribution in [0.3, 0.4) is 0 Å². The largest absolute Gasteiger partial charge is 0.392 e. The first-order valence-corrected chi connectivity index (χ1v) is 5.98. The molecule has 0 aliphatic heterocycles. The van der Waals surface area contributed by atoms with E-state index in [0.717, 1.165) is 32.7 Å². The number of benzene rings is 3. The third-order valence-corrected chi connectivity index (χ3v) is 3.40. The van der Waals surface area contributed by atoms with Gasteiger partial charge >= 0.3 is 0 Å². The summed E-state index contributed by atoms with van der Waals surface area (Å²) in [5, 5.41) is 23.1. The minimum absolute atomic E-state index is 0.0442. The lowest BCUT2D eigenvalue weighted by Crippen LogP contribution is -1.89. The molecule has 0 heterocycles. The van der Waals surface area contributed by atoms with Gasteiger partial charge in [0.1, 0.15) is 0 Å². The smallest absolute Gasteiger partial charge is 0.0687 e. The molecule has 0 atom stereocenters. The summed E-state index contributed by atoms with van der Waals surface area (Å²) >= 11 is 0. The molecule has 0 saturated carbocycles. The summed E-state index contributed by atoms with van der Waals surface area (Å²) in [4.78, 5) is 0. The zero-order valence-corrected chi connectivity index (χ0v) is 9.93. The number of rotatable bonds is 2. The summed E-state index contributed by atoms with van der Waals surface area (Å²) < 4.78 is 0. The molecule has 90 valence electrons. The fourth-order valence-corrected chi connectivity index (χ4v) is 2.46. The molecule has 3 aromatic rings. The molecule has 2 heteroatoms. The van der Waals surface area contributed by atoms with E-state index in [1.165, 1.54) is 0 Å². The van der Waals surface area contributed by atoms with E-state index in [9.17, 15) is 10.2 Å². The van der Waals surface area contributed by atoms with E-state index in [1.54, 1.807) is 0 Å². The van der Waals surface area contributed by atoms with Crippen molar-refractivity contribution in [1.82, 2.24) is 0 Å². The van der Waals surface area contributed by atoms with E-state index < -0.39 is 0 Å². The van der Waals surface area contributed by atoms with Crippen LogP contribution in [0.15, 0.2) is 48.5 Å². The van der Waals surface area contributed by atoms with E-state index in [4.69, 9.17) is 0 Å². The van der Waals surface area contributed by atoms with E-state index in [1.807, 2.05) is 36.4 Å². The predicted molar refractivity (Wildman–Crippen MR) is 73.3 cm³/mol. The molecule has 2 N–H and O–H groups in total. The second-order valence-electron chi connectivity index (χ2n) is 4.44. The highest BCUT2D eigenvalue weighted by atomic mass is 16.3. The maximum absolute atomic E-state index is 9.37. The summed E-state index contributed by atoms with van der Waals surface area (Å²) in [6, 6.07) is 16.0. The van der Waals surface area contributed by atoms with Gasteiger partial charge in [-0.05, 0) is 44.8 Å². The van der Waals surface area contributed by atoms with Gasteiger partial charge in [-0.1, -0.05) is 36.4 Å². The Bertz CT molecular complexity index is 653. The number of aliphatic hydroxyl groups excluding tert-OH is 2. The Balaban J connectivity index is 2.43. The van der Waals surface area contributed by atoms with Crippen LogP contribution < -0.4 is 0 Å². The molecular weight excluding hydrogens is 224 g/mol. The molecule has 0 amide bonds. The van der Waals surface area contributed by atoms with Crippen LogP contribution >= 0.6 is 0 Å². The van der Waals surface area contributed by atoms with Crippen LogP contribution in [0, 0.1) is 0 Å². The molecule has 0 saturated heterocycles. The maximum atomic E-state index is 9.37. The average Bonchev–Trinajstić information content (AvgIpc) is 2.43. The molecule has 0 radical (unpaired) electrons. The average molecular weight is 238 g/mol. The highest BCUT2D eigenvalue weighted by Crippen LogP contribution is 2.27. The molecule has 3 aromatic carbocycles. The third kappa shape index (κ3) is 1.67. The summed E-state index contributed by atoms with van der Waals surface area (Å²) in [5.74, 6) is 0. The minimum Gasteiger partial charge on any atom is -0.392 e. The Morgan fingerprint density at radius 1 is 0.667 bits per heavy atom. The number of hydrogen-bond acceptors (Lipinski definition) is 2. The molecular formula is C16H14O2. The Morgan fingerprint density at radius 2 is 1.11 bits per heavy atom. The van der Waals surface area contributed by atoms with E-state index in [2.05, 4.69) is 12.1 Å². The monoisotopic (exact) mass is 238 g/mol. The molecule has 0 spiro atoms. The number of aliphatic hydroxyl groups is 2. The minimum atomic E-state index is 0.0442. The fraction of sp³-hybridized carbons (Fsp3) is 0.125. The van der Waals surface area contributed by atoms with Gasteiger partial charge in [-0.3, -0.25) is 0 Å². The first-order valence-electron chi connectivity index (χ1n) is 5.98. The van der Waals surface area contributed by atoms with Crippen molar-refractivity contribution in [2.75, 3.05) is 0 Å². The van der Waals surface area contributed by atoms with Crippen LogP contribution in [0.5, 0.6) is 0 Å². The standard InChI is InChI=1S/C16H14O2/c17-9-13-5-1-3-11-7-16-12(8-15(11)13)4-2-6-14(16)10-18/h1-8,17-18H,9-10H2.